The smallest absolute Gasteiger partial charge is 0.130 e. The molecule has 0 atom stereocenters. The predicted molar refractivity (Wildman–Crippen MR) is 77.4 cm³/mol. The van der Waals surface area contributed by atoms with E-state index in [2.05, 4.69) is 45.6 Å². The van der Waals surface area contributed by atoms with E-state index in [4.69, 9.17) is 10.7 Å². The third kappa shape index (κ3) is 1.79. The van der Waals surface area contributed by atoms with Crippen LogP contribution in [0.3, 0.4) is 0 Å². The number of aryl methyl sites for hydroxylation is 1. The summed E-state index contributed by atoms with van der Waals surface area (Å²) in [6.07, 6.45) is 4.54. The summed E-state index contributed by atoms with van der Waals surface area (Å²) < 4.78 is 3.34. The molecule has 18 heavy (non-hydrogen) atoms. The van der Waals surface area contributed by atoms with Crippen LogP contribution in [-0.4, -0.2) is 9.55 Å². The first-order valence-electron chi connectivity index (χ1n) is 6.59. The van der Waals surface area contributed by atoms with E-state index in [1.165, 1.54) is 18.4 Å². The van der Waals surface area contributed by atoms with Crippen molar-refractivity contribution in [2.24, 2.45) is 5.73 Å². The molecule has 0 aliphatic heterocycles. The van der Waals surface area contributed by atoms with Crippen molar-refractivity contribution in [2.45, 2.75) is 44.7 Å². The van der Waals surface area contributed by atoms with Gasteiger partial charge in [-0.2, -0.15) is 0 Å². The van der Waals surface area contributed by atoms with Gasteiger partial charge in [-0.05, 0) is 38.0 Å². The molecule has 4 heteroatoms. The van der Waals surface area contributed by atoms with Gasteiger partial charge >= 0.3 is 0 Å². The van der Waals surface area contributed by atoms with Crippen molar-refractivity contribution in [2.75, 3.05) is 0 Å². The van der Waals surface area contributed by atoms with Crippen LogP contribution in [0, 0.1) is 0 Å². The molecule has 1 saturated carbocycles. The monoisotopic (exact) mass is 307 g/mol. The molecule has 1 fully saturated rings. The minimum atomic E-state index is -0.221. The highest BCUT2D eigenvalue weighted by Crippen LogP contribution is 2.37. The number of rotatable bonds is 2. The Labute approximate surface area is 116 Å². The molecule has 1 aliphatic carbocycles. The number of halogens is 1. The Hall–Kier alpha value is -0.870. The average molecular weight is 308 g/mol. The molecular formula is C14H18BrN3. The number of aromatic nitrogens is 2. The van der Waals surface area contributed by atoms with Crippen LogP contribution in [0.4, 0.5) is 0 Å². The first-order valence-corrected chi connectivity index (χ1v) is 7.38. The van der Waals surface area contributed by atoms with E-state index in [1.54, 1.807) is 0 Å². The van der Waals surface area contributed by atoms with Gasteiger partial charge in [0, 0.05) is 11.0 Å². The molecule has 2 N–H and O–H groups in total. The van der Waals surface area contributed by atoms with E-state index >= 15 is 0 Å². The molecule has 2 aromatic rings. The maximum Gasteiger partial charge on any atom is 0.130 e. The van der Waals surface area contributed by atoms with Gasteiger partial charge in [-0.3, -0.25) is 0 Å². The van der Waals surface area contributed by atoms with Crippen LogP contribution in [0.5, 0.6) is 0 Å². The van der Waals surface area contributed by atoms with Gasteiger partial charge in [-0.25, -0.2) is 4.98 Å². The third-order valence-electron chi connectivity index (χ3n) is 3.97. The van der Waals surface area contributed by atoms with E-state index in [0.29, 0.717) is 0 Å². The number of nitrogens with zero attached hydrogens (tertiary/aromatic N) is 2. The second kappa shape index (κ2) is 4.35. The van der Waals surface area contributed by atoms with Gasteiger partial charge in [-0.15, -0.1) is 0 Å². The Morgan fingerprint density at radius 1 is 1.39 bits per heavy atom. The fraction of sp³-hybridized carbons (Fsp3) is 0.500. The molecule has 0 saturated heterocycles. The van der Waals surface area contributed by atoms with Crippen LogP contribution < -0.4 is 5.73 Å². The molecule has 0 spiro atoms. The lowest BCUT2D eigenvalue weighted by Gasteiger charge is -2.23. The number of benzene rings is 1. The van der Waals surface area contributed by atoms with Crippen molar-refractivity contribution < 1.29 is 0 Å². The fourth-order valence-corrected chi connectivity index (χ4v) is 3.38. The third-order valence-corrected chi connectivity index (χ3v) is 4.46. The first kappa shape index (κ1) is 12.2. The number of nitrogens with two attached hydrogens (primary N) is 1. The summed E-state index contributed by atoms with van der Waals surface area (Å²) in [7, 11) is 0. The van der Waals surface area contributed by atoms with Gasteiger partial charge in [0.1, 0.15) is 5.82 Å². The Kier molecular flexibility index (Phi) is 2.94. The van der Waals surface area contributed by atoms with Gasteiger partial charge in [0.25, 0.3) is 0 Å². The maximum absolute atomic E-state index is 6.56. The highest BCUT2D eigenvalue weighted by Gasteiger charge is 2.35. The van der Waals surface area contributed by atoms with Crippen LogP contribution in [0.1, 0.15) is 38.4 Å². The molecule has 3 rings (SSSR count). The van der Waals surface area contributed by atoms with Crippen molar-refractivity contribution >= 4 is 27.0 Å². The molecule has 1 aliphatic rings. The van der Waals surface area contributed by atoms with Crippen LogP contribution in [0.15, 0.2) is 22.7 Å². The minimum Gasteiger partial charge on any atom is -0.327 e. The number of imidazole rings is 1. The quantitative estimate of drug-likeness (QED) is 0.922. The van der Waals surface area contributed by atoms with Crippen molar-refractivity contribution in [1.82, 2.24) is 9.55 Å². The fourth-order valence-electron chi connectivity index (χ4n) is 3.03. The molecule has 0 bridgehead atoms. The standard InChI is InChI=1S/C14H18BrN3/c1-2-18-12-6-5-10(15)9-11(12)17-13(18)14(16)7-3-4-8-14/h5-6,9H,2-4,7-8,16H2,1H3. The SMILES string of the molecule is CCn1c(C2(N)CCCC2)nc2cc(Br)ccc21. The molecule has 1 heterocycles. The Balaban J connectivity index is 2.22. The second-order valence-electron chi connectivity index (χ2n) is 5.18. The minimum absolute atomic E-state index is 0.221. The number of hydrogen-bond donors (Lipinski definition) is 1. The lowest BCUT2D eigenvalue weighted by molar-refractivity contribution is 0.413. The maximum atomic E-state index is 6.56. The Morgan fingerprint density at radius 3 is 2.78 bits per heavy atom. The van der Waals surface area contributed by atoms with E-state index in [9.17, 15) is 0 Å². The molecule has 1 aromatic carbocycles. The molecular weight excluding hydrogens is 290 g/mol. The highest BCUT2D eigenvalue weighted by molar-refractivity contribution is 9.10. The zero-order chi connectivity index (χ0) is 12.8. The van der Waals surface area contributed by atoms with E-state index in [0.717, 1.165) is 35.2 Å². The second-order valence-corrected chi connectivity index (χ2v) is 6.09. The number of hydrogen-bond acceptors (Lipinski definition) is 2. The molecule has 0 radical (unpaired) electrons. The topological polar surface area (TPSA) is 43.8 Å². The molecule has 96 valence electrons. The van der Waals surface area contributed by atoms with Crippen molar-refractivity contribution in [3.63, 3.8) is 0 Å². The summed E-state index contributed by atoms with van der Waals surface area (Å²) >= 11 is 3.50. The normalized spacial score (nSPS) is 18.6. The zero-order valence-corrected chi connectivity index (χ0v) is 12.2. The van der Waals surface area contributed by atoms with Crippen LogP contribution >= 0.6 is 15.9 Å². The van der Waals surface area contributed by atoms with Crippen molar-refractivity contribution in [3.05, 3.63) is 28.5 Å². The van der Waals surface area contributed by atoms with Crippen LogP contribution in [0.25, 0.3) is 11.0 Å². The predicted octanol–water partition coefficient (Wildman–Crippen LogP) is 3.55. The van der Waals surface area contributed by atoms with Gasteiger partial charge in [0.05, 0.1) is 16.6 Å². The summed E-state index contributed by atoms with van der Waals surface area (Å²) in [6.45, 7) is 3.08. The average Bonchev–Trinajstić information content (AvgIpc) is 2.93. The molecule has 1 aromatic heterocycles. The van der Waals surface area contributed by atoms with Crippen LogP contribution in [-0.2, 0) is 12.1 Å². The Morgan fingerprint density at radius 2 is 2.11 bits per heavy atom. The lowest BCUT2D eigenvalue weighted by atomic mass is 9.98. The van der Waals surface area contributed by atoms with E-state index in [-0.39, 0.29) is 5.54 Å². The summed E-state index contributed by atoms with van der Waals surface area (Å²) in [4.78, 5) is 4.81. The molecule has 0 unspecified atom stereocenters. The van der Waals surface area contributed by atoms with Gasteiger partial charge in [0.15, 0.2) is 0 Å². The highest BCUT2D eigenvalue weighted by atomic mass is 79.9. The summed E-state index contributed by atoms with van der Waals surface area (Å²) in [6, 6.07) is 6.26. The molecule has 0 amide bonds. The van der Waals surface area contributed by atoms with E-state index < -0.39 is 0 Å². The van der Waals surface area contributed by atoms with Crippen molar-refractivity contribution in [3.8, 4) is 0 Å². The lowest BCUT2D eigenvalue weighted by Crippen LogP contribution is -2.36. The van der Waals surface area contributed by atoms with Gasteiger partial charge in [-0.1, -0.05) is 28.8 Å². The summed E-state index contributed by atoms with van der Waals surface area (Å²) in [5.74, 6) is 1.07. The van der Waals surface area contributed by atoms with Crippen LogP contribution in [0.2, 0.25) is 0 Å². The Bertz CT molecular complexity index is 582. The number of fused-ring (bicyclic) bond motifs is 1. The van der Waals surface area contributed by atoms with Gasteiger partial charge in [0.2, 0.25) is 0 Å². The van der Waals surface area contributed by atoms with Gasteiger partial charge < -0.3 is 10.3 Å². The molecule has 3 nitrogen and oxygen atoms in total. The zero-order valence-electron chi connectivity index (χ0n) is 10.6. The summed E-state index contributed by atoms with van der Waals surface area (Å²) in [5.41, 5.74) is 8.57. The summed E-state index contributed by atoms with van der Waals surface area (Å²) in [5, 5.41) is 0. The largest absolute Gasteiger partial charge is 0.327 e. The van der Waals surface area contributed by atoms with Crippen molar-refractivity contribution in [1.29, 1.82) is 0 Å². The van der Waals surface area contributed by atoms with E-state index in [1.807, 2.05) is 0 Å². The first-order chi connectivity index (χ1) is 8.64.